The van der Waals surface area contributed by atoms with Crippen LogP contribution in [0, 0.1) is 0 Å². The van der Waals surface area contributed by atoms with Gasteiger partial charge in [0.15, 0.2) is 0 Å². The van der Waals surface area contributed by atoms with Crippen molar-refractivity contribution in [3.8, 4) is 5.75 Å². The van der Waals surface area contributed by atoms with Gasteiger partial charge in [0.2, 0.25) is 0 Å². The van der Waals surface area contributed by atoms with Crippen molar-refractivity contribution in [1.29, 1.82) is 0 Å². The van der Waals surface area contributed by atoms with E-state index >= 15 is 0 Å². The van der Waals surface area contributed by atoms with E-state index in [9.17, 15) is 0 Å². The molecule has 2 aromatic rings. The first-order valence-corrected chi connectivity index (χ1v) is 6.72. The maximum Gasteiger partial charge on any atom is 0.119 e. The van der Waals surface area contributed by atoms with Gasteiger partial charge < -0.3 is 9.72 Å². The number of aromatic nitrogens is 2. The first-order chi connectivity index (χ1) is 9.36. The zero-order valence-corrected chi connectivity index (χ0v) is 11.2. The molecule has 0 spiro atoms. The van der Waals surface area contributed by atoms with Crippen molar-refractivity contribution in [2.24, 2.45) is 0 Å². The monoisotopic (exact) mass is 257 g/mol. The molecule has 1 unspecified atom stereocenters. The van der Waals surface area contributed by atoms with Gasteiger partial charge >= 0.3 is 0 Å². The summed E-state index contributed by atoms with van der Waals surface area (Å²) in [6.07, 6.45) is 6.10. The van der Waals surface area contributed by atoms with E-state index < -0.39 is 0 Å². The Morgan fingerprint density at radius 2 is 2.42 bits per heavy atom. The molecule has 0 saturated carbocycles. The maximum absolute atomic E-state index is 5.32. The number of hydrogen-bond donors (Lipinski definition) is 1. The van der Waals surface area contributed by atoms with Crippen LogP contribution in [0.1, 0.15) is 30.1 Å². The molecule has 19 heavy (non-hydrogen) atoms. The molecule has 1 aromatic carbocycles. The Kier molecular flexibility index (Phi) is 3.51. The van der Waals surface area contributed by atoms with Gasteiger partial charge in [0.25, 0.3) is 0 Å². The predicted molar refractivity (Wildman–Crippen MR) is 74.0 cm³/mol. The number of rotatable bonds is 4. The zero-order chi connectivity index (χ0) is 13.1. The van der Waals surface area contributed by atoms with E-state index in [1.807, 2.05) is 12.3 Å². The van der Waals surface area contributed by atoms with E-state index in [1.165, 1.54) is 24.1 Å². The second-order valence-corrected chi connectivity index (χ2v) is 4.98. The zero-order valence-electron chi connectivity index (χ0n) is 11.2. The fourth-order valence-electron chi connectivity index (χ4n) is 2.83. The number of likely N-dealkylation sites (tertiary alicyclic amines) is 1. The Labute approximate surface area is 113 Å². The summed E-state index contributed by atoms with van der Waals surface area (Å²) in [6.45, 7) is 2.07. The van der Waals surface area contributed by atoms with Gasteiger partial charge in [-0.1, -0.05) is 12.1 Å². The average Bonchev–Trinajstić information content (AvgIpc) is 3.11. The van der Waals surface area contributed by atoms with Crippen LogP contribution in [0.5, 0.6) is 5.75 Å². The fourth-order valence-corrected chi connectivity index (χ4v) is 2.83. The number of ether oxygens (including phenoxy) is 1. The summed E-state index contributed by atoms with van der Waals surface area (Å²) in [5.41, 5.74) is 2.52. The first kappa shape index (κ1) is 12.2. The van der Waals surface area contributed by atoms with Crippen LogP contribution in [0.15, 0.2) is 36.8 Å². The lowest BCUT2D eigenvalue weighted by Crippen LogP contribution is -2.22. The molecule has 0 bridgehead atoms. The normalized spacial score (nSPS) is 19.7. The molecule has 1 saturated heterocycles. The highest BCUT2D eigenvalue weighted by Gasteiger charge is 2.26. The number of H-pyrrole nitrogens is 1. The number of hydrogen-bond acceptors (Lipinski definition) is 3. The Morgan fingerprint density at radius 1 is 1.47 bits per heavy atom. The van der Waals surface area contributed by atoms with Gasteiger partial charge in [-0.2, -0.15) is 0 Å². The van der Waals surface area contributed by atoms with Crippen LogP contribution < -0.4 is 4.74 Å². The Bertz CT molecular complexity index is 524. The van der Waals surface area contributed by atoms with Gasteiger partial charge in [0.05, 0.1) is 13.4 Å². The molecule has 4 nitrogen and oxygen atoms in total. The Morgan fingerprint density at radius 3 is 3.21 bits per heavy atom. The summed E-state index contributed by atoms with van der Waals surface area (Å²) in [6, 6.07) is 8.89. The van der Waals surface area contributed by atoms with E-state index in [2.05, 4.69) is 33.1 Å². The molecule has 1 N–H and O–H groups in total. The molecule has 2 heterocycles. The molecular formula is C15H19N3O. The van der Waals surface area contributed by atoms with Gasteiger partial charge in [-0.05, 0) is 37.1 Å². The van der Waals surface area contributed by atoms with Crippen molar-refractivity contribution < 1.29 is 4.74 Å². The van der Waals surface area contributed by atoms with Crippen LogP contribution in [0.4, 0.5) is 0 Å². The molecule has 4 heteroatoms. The third-order valence-corrected chi connectivity index (χ3v) is 3.77. The van der Waals surface area contributed by atoms with Crippen molar-refractivity contribution in [2.45, 2.75) is 25.4 Å². The van der Waals surface area contributed by atoms with Crippen LogP contribution >= 0.6 is 0 Å². The van der Waals surface area contributed by atoms with Crippen molar-refractivity contribution >= 4 is 0 Å². The number of nitrogens with zero attached hydrogens (tertiary/aromatic N) is 2. The van der Waals surface area contributed by atoms with Crippen molar-refractivity contribution in [2.75, 3.05) is 13.7 Å². The van der Waals surface area contributed by atoms with Crippen molar-refractivity contribution in [3.05, 3.63) is 48.0 Å². The minimum atomic E-state index is 0.485. The topological polar surface area (TPSA) is 41.1 Å². The molecule has 1 aliphatic rings. The number of benzene rings is 1. The van der Waals surface area contributed by atoms with Crippen LogP contribution in [0.3, 0.4) is 0 Å². The summed E-state index contributed by atoms with van der Waals surface area (Å²) >= 11 is 0. The molecule has 1 aliphatic heterocycles. The smallest absolute Gasteiger partial charge is 0.119 e. The minimum absolute atomic E-state index is 0.485. The SMILES string of the molecule is COc1cccc(C2CCCN2Cc2cnc[nH]2)c1. The van der Waals surface area contributed by atoms with Crippen molar-refractivity contribution in [3.63, 3.8) is 0 Å². The Hall–Kier alpha value is -1.81. The van der Waals surface area contributed by atoms with E-state index in [1.54, 1.807) is 13.4 Å². The number of methoxy groups -OCH3 is 1. The molecule has 1 atom stereocenters. The van der Waals surface area contributed by atoms with E-state index in [0.29, 0.717) is 6.04 Å². The molecule has 0 amide bonds. The number of aromatic amines is 1. The maximum atomic E-state index is 5.32. The molecule has 0 radical (unpaired) electrons. The highest BCUT2D eigenvalue weighted by atomic mass is 16.5. The molecular weight excluding hydrogens is 238 g/mol. The lowest BCUT2D eigenvalue weighted by molar-refractivity contribution is 0.245. The lowest BCUT2D eigenvalue weighted by atomic mass is 10.0. The van der Waals surface area contributed by atoms with Crippen LogP contribution in [0.2, 0.25) is 0 Å². The summed E-state index contributed by atoms with van der Waals surface area (Å²) in [7, 11) is 1.72. The standard InChI is InChI=1S/C15H19N3O/c1-19-14-5-2-4-12(8-14)15-6-3-7-18(15)10-13-9-16-11-17-13/h2,4-5,8-9,11,15H,3,6-7,10H2,1H3,(H,16,17). The van der Waals surface area contributed by atoms with Crippen LogP contribution in [-0.2, 0) is 6.54 Å². The van der Waals surface area contributed by atoms with Gasteiger partial charge in [0.1, 0.15) is 5.75 Å². The van der Waals surface area contributed by atoms with E-state index in [4.69, 9.17) is 4.74 Å². The van der Waals surface area contributed by atoms with Gasteiger partial charge in [0, 0.05) is 24.5 Å². The fraction of sp³-hybridized carbons (Fsp3) is 0.400. The highest BCUT2D eigenvalue weighted by Crippen LogP contribution is 2.34. The molecule has 1 aromatic heterocycles. The predicted octanol–water partition coefficient (Wildman–Crippen LogP) is 2.76. The van der Waals surface area contributed by atoms with E-state index in [0.717, 1.165) is 18.8 Å². The van der Waals surface area contributed by atoms with Crippen molar-refractivity contribution in [1.82, 2.24) is 14.9 Å². The van der Waals surface area contributed by atoms with Gasteiger partial charge in [-0.25, -0.2) is 4.98 Å². The molecule has 0 aliphatic carbocycles. The quantitative estimate of drug-likeness (QED) is 0.915. The first-order valence-electron chi connectivity index (χ1n) is 6.72. The molecule has 1 fully saturated rings. The number of nitrogens with one attached hydrogen (secondary N) is 1. The third kappa shape index (κ3) is 2.63. The second-order valence-electron chi connectivity index (χ2n) is 4.98. The largest absolute Gasteiger partial charge is 0.497 e. The number of imidazole rings is 1. The Balaban J connectivity index is 1.78. The second kappa shape index (κ2) is 5.45. The highest BCUT2D eigenvalue weighted by molar-refractivity contribution is 5.31. The lowest BCUT2D eigenvalue weighted by Gasteiger charge is -2.24. The summed E-state index contributed by atoms with van der Waals surface area (Å²) < 4.78 is 5.32. The van der Waals surface area contributed by atoms with E-state index in [-0.39, 0.29) is 0 Å². The van der Waals surface area contributed by atoms with Crippen LogP contribution in [0.25, 0.3) is 0 Å². The molecule has 100 valence electrons. The van der Waals surface area contributed by atoms with Gasteiger partial charge in [-0.3, -0.25) is 4.90 Å². The summed E-state index contributed by atoms with van der Waals surface area (Å²) in [5.74, 6) is 0.936. The summed E-state index contributed by atoms with van der Waals surface area (Å²) in [5, 5.41) is 0. The summed E-state index contributed by atoms with van der Waals surface area (Å²) in [4.78, 5) is 9.77. The molecule has 3 rings (SSSR count). The van der Waals surface area contributed by atoms with Crippen LogP contribution in [-0.4, -0.2) is 28.5 Å². The average molecular weight is 257 g/mol. The van der Waals surface area contributed by atoms with Gasteiger partial charge in [-0.15, -0.1) is 0 Å². The minimum Gasteiger partial charge on any atom is -0.497 e. The third-order valence-electron chi connectivity index (χ3n) is 3.77.